The Bertz CT molecular complexity index is 486. The van der Waals surface area contributed by atoms with Crippen LogP contribution in [0.25, 0.3) is 11.3 Å². The largest absolute Gasteiger partial charge is 0.496 e. The quantitative estimate of drug-likeness (QED) is 0.861. The van der Waals surface area contributed by atoms with Crippen molar-refractivity contribution in [2.24, 2.45) is 0 Å². The fraction of sp³-hybridized carbons (Fsp3) is 0.231. The van der Waals surface area contributed by atoms with Gasteiger partial charge in [0.05, 0.1) is 19.3 Å². The minimum Gasteiger partial charge on any atom is -0.496 e. The molecule has 0 bridgehead atoms. The smallest absolute Gasteiger partial charge is 0.138 e. The van der Waals surface area contributed by atoms with Gasteiger partial charge in [0, 0.05) is 5.56 Å². The second-order valence-corrected chi connectivity index (χ2v) is 3.55. The third kappa shape index (κ3) is 1.82. The van der Waals surface area contributed by atoms with E-state index in [9.17, 15) is 0 Å². The van der Waals surface area contributed by atoms with Crippen molar-refractivity contribution >= 4 is 0 Å². The van der Waals surface area contributed by atoms with Crippen LogP contribution >= 0.6 is 0 Å². The van der Waals surface area contributed by atoms with E-state index in [1.807, 2.05) is 37.3 Å². The van der Waals surface area contributed by atoms with Crippen LogP contribution in [0.1, 0.15) is 11.3 Å². The summed E-state index contributed by atoms with van der Waals surface area (Å²) >= 11 is 0. The molecule has 84 valence electrons. The standard InChI is InChI=1S/C13H14O3/c1-9-10(8-14)7-13(16-9)11-5-3-4-6-12(11)15-2/h3-7,14H,8H2,1-2H3. The highest BCUT2D eigenvalue weighted by Crippen LogP contribution is 2.32. The van der Waals surface area contributed by atoms with Gasteiger partial charge < -0.3 is 14.3 Å². The zero-order chi connectivity index (χ0) is 11.5. The van der Waals surface area contributed by atoms with Gasteiger partial charge in [-0.15, -0.1) is 0 Å². The van der Waals surface area contributed by atoms with Crippen LogP contribution in [0, 0.1) is 6.92 Å². The number of aliphatic hydroxyl groups is 1. The van der Waals surface area contributed by atoms with E-state index < -0.39 is 0 Å². The van der Waals surface area contributed by atoms with Gasteiger partial charge in [0.15, 0.2) is 0 Å². The normalized spacial score (nSPS) is 10.4. The fourth-order valence-corrected chi connectivity index (χ4v) is 1.66. The van der Waals surface area contributed by atoms with Crippen LogP contribution in [0.5, 0.6) is 5.75 Å². The number of hydrogen-bond acceptors (Lipinski definition) is 3. The molecule has 0 saturated heterocycles. The molecule has 0 unspecified atom stereocenters. The van der Waals surface area contributed by atoms with Crippen LogP contribution < -0.4 is 4.74 Å². The maximum atomic E-state index is 9.11. The Hall–Kier alpha value is -1.74. The number of aryl methyl sites for hydroxylation is 1. The Labute approximate surface area is 94.3 Å². The van der Waals surface area contributed by atoms with Crippen molar-refractivity contribution in [2.75, 3.05) is 7.11 Å². The van der Waals surface area contributed by atoms with E-state index in [2.05, 4.69) is 0 Å². The molecule has 0 fully saturated rings. The van der Waals surface area contributed by atoms with Crippen molar-refractivity contribution in [1.82, 2.24) is 0 Å². The van der Waals surface area contributed by atoms with Gasteiger partial charge in [-0.2, -0.15) is 0 Å². The molecule has 1 aromatic carbocycles. The number of para-hydroxylation sites is 1. The molecule has 1 heterocycles. The van der Waals surface area contributed by atoms with Crippen molar-refractivity contribution < 1.29 is 14.3 Å². The minimum atomic E-state index is -0.00944. The summed E-state index contributed by atoms with van der Waals surface area (Å²) in [5.74, 6) is 2.23. The third-order valence-electron chi connectivity index (χ3n) is 2.56. The lowest BCUT2D eigenvalue weighted by molar-refractivity contribution is 0.279. The molecule has 0 aliphatic carbocycles. The van der Waals surface area contributed by atoms with Crippen molar-refractivity contribution in [3.05, 3.63) is 41.7 Å². The number of hydrogen-bond donors (Lipinski definition) is 1. The van der Waals surface area contributed by atoms with Gasteiger partial charge in [0.2, 0.25) is 0 Å². The van der Waals surface area contributed by atoms with Gasteiger partial charge in [-0.25, -0.2) is 0 Å². The van der Waals surface area contributed by atoms with E-state index >= 15 is 0 Å². The van der Waals surface area contributed by atoms with Crippen LogP contribution in [0.4, 0.5) is 0 Å². The van der Waals surface area contributed by atoms with Gasteiger partial charge in [-0.3, -0.25) is 0 Å². The molecular formula is C13H14O3. The lowest BCUT2D eigenvalue weighted by Gasteiger charge is -2.04. The highest BCUT2D eigenvalue weighted by molar-refractivity contribution is 5.66. The van der Waals surface area contributed by atoms with Crippen molar-refractivity contribution in [1.29, 1.82) is 0 Å². The molecule has 0 saturated carbocycles. The first kappa shape index (κ1) is 10.8. The Kier molecular flexibility index (Phi) is 2.97. The Morgan fingerprint density at radius 3 is 2.69 bits per heavy atom. The first-order chi connectivity index (χ1) is 7.76. The lowest BCUT2D eigenvalue weighted by atomic mass is 10.1. The van der Waals surface area contributed by atoms with E-state index in [4.69, 9.17) is 14.3 Å². The summed E-state index contributed by atoms with van der Waals surface area (Å²) in [4.78, 5) is 0. The predicted octanol–water partition coefficient (Wildman–Crippen LogP) is 2.76. The van der Waals surface area contributed by atoms with E-state index in [-0.39, 0.29) is 6.61 Å². The minimum absolute atomic E-state index is 0.00944. The summed E-state index contributed by atoms with van der Waals surface area (Å²) in [5.41, 5.74) is 1.70. The lowest BCUT2D eigenvalue weighted by Crippen LogP contribution is -1.85. The van der Waals surface area contributed by atoms with Gasteiger partial charge >= 0.3 is 0 Å². The first-order valence-corrected chi connectivity index (χ1v) is 5.10. The number of benzene rings is 1. The van der Waals surface area contributed by atoms with Crippen LogP contribution in [0.3, 0.4) is 0 Å². The first-order valence-electron chi connectivity index (χ1n) is 5.10. The van der Waals surface area contributed by atoms with Gasteiger partial charge in [0.1, 0.15) is 17.3 Å². The summed E-state index contributed by atoms with van der Waals surface area (Å²) in [6.07, 6.45) is 0. The Morgan fingerprint density at radius 1 is 1.31 bits per heavy atom. The summed E-state index contributed by atoms with van der Waals surface area (Å²) in [6, 6.07) is 9.48. The molecular weight excluding hydrogens is 204 g/mol. The molecule has 1 N–H and O–H groups in total. The average molecular weight is 218 g/mol. The number of aliphatic hydroxyl groups excluding tert-OH is 1. The SMILES string of the molecule is COc1ccccc1-c1cc(CO)c(C)o1. The Balaban J connectivity index is 2.49. The van der Waals surface area contributed by atoms with Gasteiger partial charge in [-0.1, -0.05) is 12.1 Å². The van der Waals surface area contributed by atoms with Crippen molar-refractivity contribution in [2.45, 2.75) is 13.5 Å². The van der Waals surface area contributed by atoms with E-state index in [0.29, 0.717) is 0 Å². The summed E-state index contributed by atoms with van der Waals surface area (Å²) in [6.45, 7) is 1.83. The van der Waals surface area contributed by atoms with Crippen LogP contribution in [0.2, 0.25) is 0 Å². The molecule has 2 rings (SSSR count). The zero-order valence-corrected chi connectivity index (χ0v) is 9.36. The summed E-state index contributed by atoms with van der Waals surface area (Å²) in [7, 11) is 1.63. The molecule has 0 radical (unpaired) electrons. The fourth-order valence-electron chi connectivity index (χ4n) is 1.66. The van der Waals surface area contributed by atoms with Crippen molar-refractivity contribution in [3.63, 3.8) is 0 Å². The molecule has 0 aliphatic rings. The molecule has 3 heteroatoms. The zero-order valence-electron chi connectivity index (χ0n) is 9.36. The number of ether oxygens (including phenoxy) is 1. The van der Waals surface area contributed by atoms with Crippen LogP contribution in [-0.4, -0.2) is 12.2 Å². The molecule has 0 atom stereocenters. The highest BCUT2D eigenvalue weighted by Gasteiger charge is 2.11. The highest BCUT2D eigenvalue weighted by atomic mass is 16.5. The molecule has 2 aromatic rings. The molecule has 0 aliphatic heterocycles. The number of methoxy groups -OCH3 is 1. The maximum Gasteiger partial charge on any atom is 0.138 e. The molecule has 1 aromatic heterocycles. The van der Waals surface area contributed by atoms with Gasteiger partial charge in [-0.05, 0) is 25.1 Å². The summed E-state index contributed by atoms with van der Waals surface area (Å²) < 4.78 is 10.9. The van der Waals surface area contributed by atoms with E-state index in [1.54, 1.807) is 7.11 Å². The van der Waals surface area contributed by atoms with Crippen LogP contribution in [0.15, 0.2) is 34.7 Å². The van der Waals surface area contributed by atoms with E-state index in [1.165, 1.54) is 0 Å². The Morgan fingerprint density at radius 2 is 2.06 bits per heavy atom. The predicted molar refractivity (Wildman–Crippen MR) is 61.4 cm³/mol. The molecule has 3 nitrogen and oxygen atoms in total. The maximum absolute atomic E-state index is 9.11. The third-order valence-corrected chi connectivity index (χ3v) is 2.56. The topological polar surface area (TPSA) is 42.6 Å². The van der Waals surface area contributed by atoms with Crippen molar-refractivity contribution in [3.8, 4) is 17.1 Å². The van der Waals surface area contributed by atoms with E-state index in [0.717, 1.165) is 28.4 Å². The average Bonchev–Trinajstić information content (AvgIpc) is 2.70. The molecule has 0 spiro atoms. The molecule has 16 heavy (non-hydrogen) atoms. The van der Waals surface area contributed by atoms with Gasteiger partial charge in [0.25, 0.3) is 0 Å². The summed E-state index contributed by atoms with van der Waals surface area (Å²) in [5, 5.41) is 9.11. The monoisotopic (exact) mass is 218 g/mol. The van der Waals surface area contributed by atoms with Crippen LogP contribution in [-0.2, 0) is 6.61 Å². The number of rotatable bonds is 3. The second kappa shape index (κ2) is 4.41. The second-order valence-electron chi connectivity index (χ2n) is 3.55. The molecule has 0 amide bonds. The number of furan rings is 1.